The molecular formula is C26H29N3O6S2. The van der Waals surface area contributed by atoms with Gasteiger partial charge in [0.1, 0.15) is 5.75 Å². The molecule has 0 radical (unpaired) electrons. The molecule has 9 nitrogen and oxygen atoms in total. The van der Waals surface area contributed by atoms with Crippen LogP contribution in [0.1, 0.15) is 40.8 Å². The topological polar surface area (TPSA) is 107 Å². The molecule has 0 atom stereocenters. The van der Waals surface area contributed by atoms with Crippen molar-refractivity contribution >= 4 is 51.9 Å². The van der Waals surface area contributed by atoms with Gasteiger partial charge in [-0.2, -0.15) is 0 Å². The number of thiophene rings is 1. The van der Waals surface area contributed by atoms with E-state index in [2.05, 4.69) is 16.0 Å². The lowest BCUT2D eigenvalue weighted by Gasteiger charge is -2.17. The number of thiocarbonyl (C=S) groups is 1. The van der Waals surface area contributed by atoms with Crippen LogP contribution in [-0.4, -0.2) is 43.9 Å². The molecule has 2 amide bonds. The molecule has 2 aromatic carbocycles. The van der Waals surface area contributed by atoms with Gasteiger partial charge in [0.15, 0.2) is 16.6 Å². The van der Waals surface area contributed by atoms with E-state index >= 15 is 0 Å². The molecular weight excluding hydrogens is 514 g/mol. The highest BCUT2D eigenvalue weighted by Crippen LogP contribution is 2.39. The van der Waals surface area contributed by atoms with Crippen molar-refractivity contribution < 1.29 is 28.5 Å². The number of amides is 2. The maximum Gasteiger partial charge on any atom is 0.265 e. The second-order valence-corrected chi connectivity index (χ2v) is 8.71. The molecule has 0 saturated heterocycles. The molecule has 3 N–H and O–H groups in total. The number of benzene rings is 2. The van der Waals surface area contributed by atoms with Gasteiger partial charge in [0.2, 0.25) is 5.75 Å². The molecule has 1 heterocycles. The molecule has 0 spiro atoms. The van der Waals surface area contributed by atoms with E-state index in [4.69, 9.17) is 31.2 Å². The van der Waals surface area contributed by atoms with Crippen LogP contribution in [0.2, 0.25) is 0 Å². The summed E-state index contributed by atoms with van der Waals surface area (Å²) in [5.74, 6) is 1.01. The normalized spacial score (nSPS) is 10.3. The van der Waals surface area contributed by atoms with E-state index < -0.39 is 5.91 Å². The molecule has 3 aromatic rings. The van der Waals surface area contributed by atoms with Gasteiger partial charge in [-0.15, -0.1) is 11.3 Å². The van der Waals surface area contributed by atoms with Crippen molar-refractivity contribution in [1.82, 2.24) is 5.32 Å². The van der Waals surface area contributed by atoms with Gasteiger partial charge in [-0.1, -0.05) is 6.07 Å². The number of carbonyl (C=O) groups excluding carboxylic acids is 2. The number of nitrogens with one attached hydrogen (secondary N) is 3. The highest BCUT2D eigenvalue weighted by atomic mass is 32.1. The van der Waals surface area contributed by atoms with Crippen LogP contribution in [0.15, 0.2) is 47.8 Å². The second kappa shape index (κ2) is 13.5. The SMILES string of the molecule is CCOc1cc(C(=O)NC(=S)Nc2ccc(NC(=O)c3cccs3)c(OC)c2)cc(OCC)c1OCC. The zero-order valence-electron chi connectivity index (χ0n) is 21.0. The maximum absolute atomic E-state index is 13.0. The van der Waals surface area contributed by atoms with E-state index in [0.29, 0.717) is 64.6 Å². The van der Waals surface area contributed by atoms with Crippen molar-refractivity contribution in [2.75, 3.05) is 37.6 Å². The van der Waals surface area contributed by atoms with Crippen molar-refractivity contribution in [3.05, 3.63) is 58.3 Å². The van der Waals surface area contributed by atoms with Crippen LogP contribution in [0, 0.1) is 0 Å². The van der Waals surface area contributed by atoms with Crippen LogP contribution >= 0.6 is 23.6 Å². The third-order valence-electron chi connectivity index (χ3n) is 4.85. The van der Waals surface area contributed by atoms with Crippen LogP contribution in [-0.2, 0) is 0 Å². The van der Waals surface area contributed by atoms with Gasteiger partial charge in [0, 0.05) is 17.3 Å². The number of methoxy groups -OCH3 is 1. The Bertz CT molecular complexity index is 1220. The number of ether oxygens (including phenoxy) is 4. The smallest absolute Gasteiger partial charge is 0.265 e. The zero-order valence-corrected chi connectivity index (χ0v) is 22.6. The van der Waals surface area contributed by atoms with Crippen LogP contribution in [0.3, 0.4) is 0 Å². The minimum atomic E-state index is -0.450. The molecule has 1 aromatic heterocycles. The van der Waals surface area contributed by atoms with Crippen LogP contribution < -0.4 is 34.9 Å². The van der Waals surface area contributed by atoms with E-state index in [1.807, 2.05) is 32.2 Å². The summed E-state index contributed by atoms with van der Waals surface area (Å²) in [6.45, 7) is 6.74. The van der Waals surface area contributed by atoms with Crippen molar-refractivity contribution in [3.63, 3.8) is 0 Å². The predicted molar refractivity (Wildman–Crippen MR) is 149 cm³/mol. The monoisotopic (exact) mass is 543 g/mol. The van der Waals surface area contributed by atoms with Crippen LogP contribution in [0.5, 0.6) is 23.0 Å². The first-order valence-corrected chi connectivity index (χ1v) is 12.9. The van der Waals surface area contributed by atoms with Gasteiger partial charge < -0.3 is 29.6 Å². The largest absolute Gasteiger partial charge is 0.494 e. The first kappa shape index (κ1) is 27.8. The molecule has 0 aliphatic carbocycles. The van der Waals surface area contributed by atoms with Crippen molar-refractivity contribution in [3.8, 4) is 23.0 Å². The van der Waals surface area contributed by atoms with E-state index in [9.17, 15) is 9.59 Å². The van der Waals surface area contributed by atoms with Gasteiger partial charge >= 0.3 is 0 Å². The number of rotatable bonds is 11. The second-order valence-electron chi connectivity index (χ2n) is 7.36. The Morgan fingerprint density at radius 2 is 1.54 bits per heavy atom. The third kappa shape index (κ3) is 7.34. The number of carbonyl (C=O) groups is 2. The number of hydrogen-bond acceptors (Lipinski definition) is 8. The fraction of sp³-hybridized carbons (Fsp3) is 0.269. The Morgan fingerprint density at radius 3 is 2.11 bits per heavy atom. The molecule has 0 bridgehead atoms. The van der Waals surface area contributed by atoms with Crippen molar-refractivity contribution in [2.24, 2.45) is 0 Å². The Morgan fingerprint density at radius 1 is 0.865 bits per heavy atom. The summed E-state index contributed by atoms with van der Waals surface area (Å²) in [5, 5.41) is 10.3. The maximum atomic E-state index is 13.0. The Labute approximate surface area is 225 Å². The van der Waals surface area contributed by atoms with Gasteiger partial charge in [-0.25, -0.2) is 0 Å². The summed E-state index contributed by atoms with van der Waals surface area (Å²) in [5.41, 5.74) is 1.36. The molecule has 11 heteroatoms. The quantitative estimate of drug-likeness (QED) is 0.279. The summed E-state index contributed by atoms with van der Waals surface area (Å²) >= 11 is 6.69. The lowest BCUT2D eigenvalue weighted by Crippen LogP contribution is -2.34. The van der Waals surface area contributed by atoms with Crippen molar-refractivity contribution in [1.29, 1.82) is 0 Å². The van der Waals surface area contributed by atoms with Gasteiger partial charge in [0.05, 0.1) is 37.5 Å². The Balaban J connectivity index is 1.72. The summed E-state index contributed by atoms with van der Waals surface area (Å²) < 4.78 is 22.5. The minimum absolute atomic E-state index is 0.0761. The lowest BCUT2D eigenvalue weighted by molar-refractivity contribution is 0.0975. The molecule has 0 aliphatic heterocycles. The molecule has 0 saturated carbocycles. The van der Waals surface area contributed by atoms with E-state index in [1.54, 1.807) is 36.4 Å². The first-order valence-electron chi connectivity index (χ1n) is 11.6. The van der Waals surface area contributed by atoms with E-state index in [0.717, 1.165) is 0 Å². The minimum Gasteiger partial charge on any atom is -0.494 e. The van der Waals surface area contributed by atoms with Gasteiger partial charge in [-0.05, 0) is 68.7 Å². The number of hydrogen-bond donors (Lipinski definition) is 3. The zero-order chi connectivity index (χ0) is 26.8. The molecule has 37 heavy (non-hydrogen) atoms. The third-order valence-corrected chi connectivity index (χ3v) is 5.92. The lowest BCUT2D eigenvalue weighted by atomic mass is 10.1. The van der Waals surface area contributed by atoms with E-state index in [-0.39, 0.29) is 11.0 Å². The average molecular weight is 544 g/mol. The fourth-order valence-electron chi connectivity index (χ4n) is 3.32. The molecule has 0 fully saturated rings. The molecule has 0 aliphatic rings. The highest BCUT2D eigenvalue weighted by molar-refractivity contribution is 7.80. The van der Waals surface area contributed by atoms with Crippen LogP contribution in [0.4, 0.5) is 11.4 Å². The van der Waals surface area contributed by atoms with E-state index in [1.165, 1.54) is 18.4 Å². The number of anilines is 2. The molecule has 0 unspecified atom stereocenters. The average Bonchev–Trinajstić information content (AvgIpc) is 3.42. The standard InChI is InChI=1S/C26H29N3O6S2/c1-5-33-20-13-16(14-21(34-6-2)23(20)35-7-3)24(30)29-26(36)27-17-10-11-18(19(15-17)32-4)28-25(31)22-9-8-12-37-22/h8-15H,5-7H2,1-4H3,(H,28,31)(H2,27,29,30,36). The Hall–Kier alpha value is -3.83. The Kier molecular flexibility index (Phi) is 10.1. The summed E-state index contributed by atoms with van der Waals surface area (Å²) in [6, 6.07) is 11.8. The highest BCUT2D eigenvalue weighted by Gasteiger charge is 2.19. The van der Waals surface area contributed by atoms with Crippen molar-refractivity contribution in [2.45, 2.75) is 20.8 Å². The summed E-state index contributed by atoms with van der Waals surface area (Å²) in [4.78, 5) is 25.9. The van der Waals surface area contributed by atoms with Gasteiger partial charge in [-0.3, -0.25) is 14.9 Å². The predicted octanol–water partition coefficient (Wildman–Crippen LogP) is 5.33. The van der Waals surface area contributed by atoms with Crippen LogP contribution in [0.25, 0.3) is 0 Å². The first-order chi connectivity index (χ1) is 17.9. The fourth-order valence-corrected chi connectivity index (χ4v) is 4.15. The summed E-state index contributed by atoms with van der Waals surface area (Å²) in [7, 11) is 1.50. The molecule has 3 rings (SSSR count). The van der Waals surface area contributed by atoms with Gasteiger partial charge in [0.25, 0.3) is 11.8 Å². The summed E-state index contributed by atoms with van der Waals surface area (Å²) in [6.07, 6.45) is 0. The molecule has 196 valence electrons.